The molecule has 0 atom stereocenters. The van der Waals surface area contributed by atoms with Gasteiger partial charge < -0.3 is 5.32 Å². The lowest BCUT2D eigenvalue weighted by molar-refractivity contribution is -0.117. The average Bonchev–Trinajstić information content (AvgIpc) is 3.40. The predicted molar refractivity (Wildman–Crippen MR) is 104 cm³/mol. The standard InChI is InChI=1S/C17H12F2N6O2S2/c1-9-15(10-4-5-11(18)12(19)7-10)21-16(29-9)20-13(26)8-24-17(27)25(23-22-24)14-3-2-6-28-14/h2-7H,8H2,1H3,(H,20,21,26). The van der Waals surface area contributed by atoms with Crippen LogP contribution in [-0.4, -0.2) is 30.7 Å². The molecule has 0 bridgehead atoms. The molecule has 1 aromatic carbocycles. The fraction of sp³-hybridized carbons (Fsp3) is 0.118. The second kappa shape index (κ2) is 7.64. The van der Waals surface area contributed by atoms with Gasteiger partial charge in [0.05, 0.1) is 5.69 Å². The zero-order valence-electron chi connectivity index (χ0n) is 14.8. The number of hydrogen-bond acceptors (Lipinski definition) is 7. The number of amides is 1. The van der Waals surface area contributed by atoms with Gasteiger partial charge in [0.2, 0.25) is 5.91 Å². The number of benzene rings is 1. The van der Waals surface area contributed by atoms with Crippen LogP contribution in [-0.2, 0) is 11.3 Å². The third kappa shape index (κ3) is 3.84. The number of aromatic nitrogens is 5. The maximum absolute atomic E-state index is 13.5. The van der Waals surface area contributed by atoms with Crippen molar-refractivity contribution in [3.05, 3.63) is 62.7 Å². The van der Waals surface area contributed by atoms with Gasteiger partial charge in [-0.2, -0.15) is 9.36 Å². The molecule has 0 saturated heterocycles. The van der Waals surface area contributed by atoms with E-state index in [1.807, 2.05) is 0 Å². The summed E-state index contributed by atoms with van der Waals surface area (Å²) in [5, 5.41) is 12.7. The quantitative estimate of drug-likeness (QED) is 0.521. The number of rotatable bonds is 5. The van der Waals surface area contributed by atoms with E-state index in [9.17, 15) is 18.4 Å². The highest BCUT2D eigenvalue weighted by atomic mass is 32.1. The highest BCUT2D eigenvalue weighted by Gasteiger charge is 2.16. The van der Waals surface area contributed by atoms with Crippen molar-refractivity contribution in [2.75, 3.05) is 5.32 Å². The first-order chi connectivity index (χ1) is 13.9. The van der Waals surface area contributed by atoms with Crippen LogP contribution >= 0.6 is 22.7 Å². The highest BCUT2D eigenvalue weighted by Crippen LogP contribution is 2.31. The Hall–Kier alpha value is -3.25. The van der Waals surface area contributed by atoms with Crippen LogP contribution < -0.4 is 11.0 Å². The topological polar surface area (TPSA) is 94.7 Å². The SMILES string of the molecule is Cc1sc(NC(=O)Cn2nnn(-c3cccs3)c2=O)nc1-c1ccc(F)c(F)c1. The molecule has 12 heteroatoms. The van der Waals surface area contributed by atoms with Crippen molar-refractivity contribution in [2.45, 2.75) is 13.5 Å². The Kier molecular flexibility index (Phi) is 5.03. The molecule has 4 rings (SSSR count). The lowest BCUT2D eigenvalue weighted by Gasteiger charge is -2.01. The predicted octanol–water partition coefficient (Wildman–Crippen LogP) is 2.84. The molecular formula is C17H12F2N6O2S2. The number of carbonyl (C=O) groups is 1. The Balaban J connectivity index is 1.50. The van der Waals surface area contributed by atoms with Crippen LogP contribution in [0.15, 0.2) is 40.5 Å². The third-order valence-corrected chi connectivity index (χ3v) is 5.61. The molecule has 0 spiro atoms. The summed E-state index contributed by atoms with van der Waals surface area (Å²) in [5.74, 6) is -2.44. The van der Waals surface area contributed by atoms with Gasteiger partial charge >= 0.3 is 5.69 Å². The first kappa shape index (κ1) is 19.1. The van der Waals surface area contributed by atoms with Gasteiger partial charge in [-0.25, -0.2) is 18.6 Å². The number of anilines is 1. The second-order valence-electron chi connectivity index (χ2n) is 5.88. The van der Waals surface area contributed by atoms with E-state index in [0.29, 0.717) is 21.1 Å². The fourth-order valence-corrected chi connectivity index (χ4v) is 4.08. The molecular weight excluding hydrogens is 422 g/mol. The number of thiophene rings is 1. The van der Waals surface area contributed by atoms with Crippen LogP contribution in [0.3, 0.4) is 0 Å². The van der Waals surface area contributed by atoms with Gasteiger partial charge in [-0.15, -0.1) is 22.7 Å². The summed E-state index contributed by atoms with van der Waals surface area (Å²) < 4.78 is 28.7. The molecule has 0 aliphatic heterocycles. The summed E-state index contributed by atoms with van der Waals surface area (Å²) in [6.45, 7) is 1.41. The average molecular weight is 434 g/mol. The number of aryl methyl sites for hydroxylation is 1. The summed E-state index contributed by atoms with van der Waals surface area (Å²) in [6, 6.07) is 6.96. The van der Waals surface area contributed by atoms with Crippen LogP contribution in [0, 0.1) is 18.6 Å². The van der Waals surface area contributed by atoms with Gasteiger partial charge in [0, 0.05) is 10.4 Å². The molecule has 3 heterocycles. The number of hydrogen-bond donors (Lipinski definition) is 1. The molecule has 8 nitrogen and oxygen atoms in total. The van der Waals surface area contributed by atoms with E-state index in [2.05, 4.69) is 20.7 Å². The maximum atomic E-state index is 13.5. The molecule has 1 N–H and O–H groups in total. The lowest BCUT2D eigenvalue weighted by atomic mass is 10.1. The molecule has 148 valence electrons. The third-order valence-electron chi connectivity index (χ3n) is 3.88. The van der Waals surface area contributed by atoms with E-state index in [0.717, 1.165) is 21.5 Å². The Bertz CT molecular complexity index is 1250. The van der Waals surface area contributed by atoms with E-state index in [-0.39, 0.29) is 11.7 Å². The summed E-state index contributed by atoms with van der Waals surface area (Å²) >= 11 is 2.50. The molecule has 3 aromatic heterocycles. The Morgan fingerprint density at radius 2 is 2.03 bits per heavy atom. The van der Waals surface area contributed by atoms with Crippen LogP contribution in [0.1, 0.15) is 4.88 Å². The molecule has 29 heavy (non-hydrogen) atoms. The van der Waals surface area contributed by atoms with Crippen molar-refractivity contribution in [1.82, 2.24) is 24.8 Å². The van der Waals surface area contributed by atoms with Crippen molar-refractivity contribution in [2.24, 2.45) is 0 Å². The largest absolute Gasteiger partial charge is 0.369 e. The van der Waals surface area contributed by atoms with Gasteiger partial charge in [-0.1, -0.05) is 0 Å². The molecule has 0 radical (unpaired) electrons. The first-order valence-electron chi connectivity index (χ1n) is 8.22. The van der Waals surface area contributed by atoms with Crippen LogP contribution in [0.2, 0.25) is 0 Å². The normalized spacial score (nSPS) is 11.0. The van der Waals surface area contributed by atoms with Gasteiger partial charge in [0.15, 0.2) is 16.8 Å². The van der Waals surface area contributed by atoms with Crippen LogP contribution in [0.25, 0.3) is 16.3 Å². The molecule has 4 aromatic rings. The van der Waals surface area contributed by atoms with E-state index in [4.69, 9.17) is 0 Å². The molecule has 0 unspecified atom stereocenters. The summed E-state index contributed by atoms with van der Waals surface area (Å²) in [4.78, 5) is 29.6. The van der Waals surface area contributed by atoms with E-state index < -0.39 is 23.2 Å². The second-order valence-corrected chi connectivity index (χ2v) is 8.01. The minimum atomic E-state index is -0.978. The summed E-state index contributed by atoms with van der Waals surface area (Å²) in [6.07, 6.45) is 0. The monoisotopic (exact) mass is 434 g/mol. The minimum absolute atomic E-state index is 0.269. The molecule has 0 aliphatic carbocycles. The lowest BCUT2D eigenvalue weighted by Crippen LogP contribution is -2.29. The number of thiazole rings is 1. The zero-order valence-corrected chi connectivity index (χ0v) is 16.4. The molecule has 1 amide bonds. The molecule has 0 fully saturated rings. The minimum Gasteiger partial charge on any atom is -0.300 e. The van der Waals surface area contributed by atoms with Gasteiger partial charge in [-0.05, 0) is 53.1 Å². The van der Waals surface area contributed by atoms with Crippen LogP contribution in [0.5, 0.6) is 0 Å². The zero-order chi connectivity index (χ0) is 20.5. The number of halogens is 2. The number of tetrazole rings is 1. The summed E-state index contributed by atoms with van der Waals surface area (Å²) in [5.41, 5.74) is 0.290. The van der Waals surface area contributed by atoms with Crippen molar-refractivity contribution in [3.8, 4) is 16.3 Å². The van der Waals surface area contributed by atoms with Gasteiger partial charge in [0.1, 0.15) is 11.5 Å². The van der Waals surface area contributed by atoms with E-state index >= 15 is 0 Å². The maximum Gasteiger partial charge on any atom is 0.369 e. The molecule has 0 aliphatic rings. The Morgan fingerprint density at radius 3 is 2.76 bits per heavy atom. The van der Waals surface area contributed by atoms with Gasteiger partial charge in [-0.3, -0.25) is 4.79 Å². The summed E-state index contributed by atoms with van der Waals surface area (Å²) in [7, 11) is 0. The van der Waals surface area contributed by atoms with E-state index in [1.54, 1.807) is 24.4 Å². The number of nitrogens with zero attached hydrogens (tertiary/aromatic N) is 5. The van der Waals surface area contributed by atoms with Crippen LogP contribution in [0.4, 0.5) is 13.9 Å². The smallest absolute Gasteiger partial charge is 0.300 e. The van der Waals surface area contributed by atoms with Crippen molar-refractivity contribution >= 4 is 33.7 Å². The molecule has 0 saturated carbocycles. The Labute approximate surface area is 170 Å². The van der Waals surface area contributed by atoms with Crippen molar-refractivity contribution in [3.63, 3.8) is 0 Å². The highest BCUT2D eigenvalue weighted by molar-refractivity contribution is 7.16. The van der Waals surface area contributed by atoms with Crippen molar-refractivity contribution in [1.29, 1.82) is 0 Å². The van der Waals surface area contributed by atoms with E-state index in [1.165, 1.54) is 28.7 Å². The first-order valence-corrected chi connectivity index (χ1v) is 9.91. The fourth-order valence-electron chi connectivity index (χ4n) is 2.56. The van der Waals surface area contributed by atoms with Gasteiger partial charge in [0.25, 0.3) is 0 Å². The number of nitrogens with one attached hydrogen (secondary N) is 1. The van der Waals surface area contributed by atoms with Crippen molar-refractivity contribution < 1.29 is 13.6 Å². The number of carbonyl (C=O) groups excluding carboxylic acids is 1. The Morgan fingerprint density at radius 1 is 1.21 bits per heavy atom.